The second-order valence-corrected chi connectivity index (χ2v) is 7.44. The fourth-order valence-corrected chi connectivity index (χ4v) is 3.74. The van der Waals surface area contributed by atoms with Gasteiger partial charge in [0.25, 0.3) is 5.91 Å². The summed E-state index contributed by atoms with van der Waals surface area (Å²) in [7, 11) is 0. The van der Waals surface area contributed by atoms with Crippen LogP contribution in [0.1, 0.15) is 21.6 Å². The zero-order valence-corrected chi connectivity index (χ0v) is 16.9. The minimum Gasteiger partial charge on any atom is -0.488 e. The van der Waals surface area contributed by atoms with E-state index in [0.29, 0.717) is 28.6 Å². The van der Waals surface area contributed by atoms with Crippen LogP contribution in [0.25, 0.3) is 10.6 Å². The molecule has 1 aromatic heterocycles. The van der Waals surface area contributed by atoms with Gasteiger partial charge < -0.3 is 10.1 Å². The largest absolute Gasteiger partial charge is 0.488 e. The number of benzene rings is 3. The zero-order valence-electron chi connectivity index (χ0n) is 16.0. The molecule has 1 amide bonds. The number of ether oxygens (including phenoxy) is 1. The number of hydrogen-bond acceptors (Lipinski definition) is 4. The first-order chi connectivity index (χ1) is 14.7. The maximum absolute atomic E-state index is 13.9. The predicted molar refractivity (Wildman–Crippen MR) is 116 cm³/mol. The average Bonchev–Trinajstić information content (AvgIpc) is 3.28. The lowest BCUT2D eigenvalue weighted by Crippen LogP contribution is -2.23. The van der Waals surface area contributed by atoms with Crippen molar-refractivity contribution in [3.63, 3.8) is 0 Å². The van der Waals surface area contributed by atoms with Gasteiger partial charge in [0.15, 0.2) is 0 Å². The minimum atomic E-state index is -0.304. The Balaban J connectivity index is 1.46. The lowest BCUT2D eigenvalue weighted by Gasteiger charge is -2.10. The first kappa shape index (κ1) is 19.8. The molecule has 0 aliphatic carbocycles. The summed E-state index contributed by atoms with van der Waals surface area (Å²) in [6.45, 7) is 0.550. The number of carbonyl (C=O) groups is 1. The van der Waals surface area contributed by atoms with Crippen LogP contribution in [0, 0.1) is 5.82 Å². The van der Waals surface area contributed by atoms with Crippen molar-refractivity contribution in [3.8, 4) is 16.3 Å². The molecule has 4 rings (SSSR count). The lowest BCUT2D eigenvalue weighted by atomic mass is 10.2. The fraction of sp³-hybridized carbons (Fsp3) is 0.0833. The number of nitrogens with one attached hydrogen (secondary N) is 1. The highest BCUT2D eigenvalue weighted by Crippen LogP contribution is 2.32. The molecule has 0 fully saturated rings. The summed E-state index contributed by atoms with van der Waals surface area (Å²) in [4.78, 5) is 16.9. The SMILES string of the molecule is O=C(NCc1ccccc1)c1csc(-c2ccccc2OCc2ccccc2F)n1. The molecule has 6 heteroatoms. The summed E-state index contributed by atoms with van der Waals surface area (Å²) in [5.74, 6) is 0.0547. The zero-order chi connectivity index (χ0) is 20.8. The third-order valence-corrected chi connectivity index (χ3v) is 5.37. The van der Waals surface area contributed by atoms with Gasteiger partial charge in [-0.3, -0.25) is 4.79 Å². The molecule has 0 bridgehead atoms. The number of halogens is 1. The highest BCUT2D eigenvalue weighted by molar-refractivity contribution is 7.13. The predicted octanol–water partition coefficient (Wildman–Crippen LogP) is 5.46. The number of carbonyl (C=O) groups excluding carboxylic acids is 1. The van der Waals surface area contributed by atoms with Gasteiger partial charge >= 0.3 is 0 Å². The molecule has 0 unspecified atom stereocenters. The van der Waals surface area contributed by atoms with E-state index in [1.807, 2.05) is 54.6 Å². The molecule has 0 saturated heterocycles. The smallest absolute Gasteiger partial charge is 0.271 e. The van der Waals surface area contributed by atoms with Crippen molar-refractivity contribution in [2.24, 2.45) is 0 Å². The van der Waals surface area contributed by atoms with Gasteiger partial charge in [-0.15, -0.1) is 11.3 Å². The summed E-state index contributed by atoms with van der Waals surface area (Å²) in [6.07, 6.45) is 0. The fourth-order valence-electron chi connectivity index (χ4n) is 2.91. The van der Waals surface area contributed by atoms with Crippen molar-refractivity contribution in [1.29, 1.82) is 0 Å². The summed E-state index contributed by atoms with van der Waals surface area (Å²) >= 11 is 1.37. The highest BCUT2D eigenvalue weighted by atomic mass is 32.1. The molecule has 4 aromatic rings. The van der Waals surface area contributed by atoms with E-state index in [4.69, 9.17) is 4.74 Å². The number of aromatic nitrogens is 1. The van der Waals surface area contributed by atoms with Gasteiger partial charge in [-0.2, -0.15) is 0 Å². The molecule has 0 spiro atoms. The summed E-state index contributed by atoms with van der Waals surface area (Å²) in [5.41, 5.74) is 2.62. The van der Waals surface area contributed by atoms with Gasteiger partial charge in [0.1, 0.15) is 28.9 Å². The summed E-state index contributed by atoms with van der Waals surface area (Å²) in [5, 5.41) is 5.28. The van der Waals surface area contributed by atoms with E-state index >= 15 is 0 Å². The molecular formula is C24H19FN2O2S. The summed E-state index contributed by atoms with van der Waals surface area (Å²) < 4.78 is 19.7. The van der Waals surface area contributed by atoms with Crippen LogP contribution in [0.5, 0.6) is 5.75 Å². The van der Waals surface area contributed by atoms with Gasteiger partial charge in [-0.05, 0) is 23.8 Å². The first-order valence-electron chi connectivity index (χ1n) is 9.44. The van der Waals surface area contributed by atoms with Crippen molar-refractivity contribution in [2.75, 3.05) is 0 Å². The van der Waals surface area contributed by atoms with E-state index in [0.717, 1.165) is 11.1 Å². The molecule has 3 aromatic carbocycles. The normalized spacial score (nSPS) is 10.6. The second-order valence-electron chi connectivity index (χ2n) is 6.58. The van der Waals surface area contributed by atoms with Gasteiger partial charge in [0.2, 0.25) is 0 Å². The molecule has 0 radical (unpaired) electrons. The molecule has 30 heavy (non-hydrogen) atoms. The van der Waals surface area contributed by atoms with Crippen LogP contribution >= 0.6 is 11.3 Å². The maximum Gasteiger partial charge on any atom is 0.271 e. The Morgan fingerprint density at radius 3 is 2.53 bits per heavy atom. The average molecular weight is 418 g/mol. The van der Waals surface area contributed by atoms with Crippen molar-refractivity contribution in [1.82, 2.24) is 10.3 Å². The van der Waals surface area contributed by atoms with E-state index in [1.165, 1.54) is 17.4 Å². The Kier molecular flexibility index (Phi) is 6.15. The quantitative estimate of drug-likeness (QED) is 0.434. The minimum absolute atomic E-state index is 0.111. The van der Waals surface area contributed by atoms with Gasteiger partial charge in [-0.25, -0.2) is 9.37 Å². The number of hydrogen-bond donors (Lipinski definition) is 1. The molecule has 150 valence electrons. The molecule has 1 N–H and O–H groups in total. The number of nitrogens with zero attached hydrogens (tertiary/aromatic N) is 1. The lowest BCUT2D eigenvalue weighted by molar-refractivity contribution is 0.0946. The van der Waals surface area contributed by atoms with E-state index < -0.39 is 0 Å². The third kappa shape index (κ3) is 4.72. The van der Waals surface area contributed by atoms with Gasteiger partial charge in [-0.1, -0.05) is 60.7 Å². The van der Waals surface area contributed by atoms with Gasteiger partial charge in [0.05, 0.1) is 5.56 Å². The molecule has 0 aliphatic heterocycles. The summed E-state index contributed by atoms with van der Waals surface area (Å²) in [6, 6.07) is 23.6. The van der Waals surface area contributed by atoms with Crippen molar-refractivity contribution < 1.29 is 13.9 Å². The van der Waals surface area contributed by atoms with Crippen molar-refractivity contribution in [3.05, 3.63) is 107 Å². The van der Waals surface area contributed by atoms with Crippen LogP contribution in [-0.2, 0) is 13.2 Å². The Morgan fingerprint density at radius 2 is 1.70 bits per heavy atom. The Morgan fingerprint density at radius 1 is 0.967 bits per heavy atom. The number of thiazole rings is 1. The van der Waals surface area contributed by atoms with Crippen LogP contribution in [0.3, 0.4) is 0 Å². The van der Waals surface area contributed by atoms with E-state index in [9.17, 15) is 9.18 Å². The molecule has 0 saturated carbocycles. The topological polar surface area (TPSA) is 51.2 Å². The molecule has 0 aliphatic rings. The van der Waals surface area contributed by atoms with E-state index in [1.54, 1.807) is 23.6 Å². The molecule has 1 heterocycles. The second kappa shape index (κ2) is 9.33. The van der Waals surface area contributed by atoms with E-state index in [-0.39, 0.29) is 18.3 Å². The molecular weight excluding hydrogens is 399 g/mol. The Bertz CT molecular complexity index is 1140. The standard InChI is InChI=1S/C24H19FN2O2S/c25-20-12-6-4-10-18(20)15-29-22-13-7-5-11-19(22)24-27-21(16-30-24)23(28)26-14-17-8-2-1-3-9-17/h1-13,16H,14-15H2,(H,26,28). The first-order valence-corrected chi connectivity index (χ1v) is 10.3. The number of para-hydroxylation sites is 1. The molecule has 4 nitrogen and oxygen atoms in total. The number of amides is 1. The van der Waals surface area contributed by atoms with E-state index in [2.05, 4.69) is 10.3 Å². The third-order valence-electron chi connectivity index (χ3n) is 4.49. The van der Waals surface area contributed by atoms with Crippen molar-refractivity contribution >= 4 is 17.2 Å². The Labute approximate surface area is 178 Å². The van der Waals surface area contributed by atoms with Crippen LogP contribution in [0.2, 0.25) is 0 Å². The number of rotatable bonds is 7. The van der Waals surface area contributed by atoms with Crippen LogP contribution in [0.15, 0.2) is 84.2 Å². The van der Waals surface area contributed by atoms with Crippen LogP contribution in [-0.4, -0.2) is 10.9 Å². The maximum atomic E-state index is 13.9. The van der Waals surface area contributed by atoms with Crippen LogP contribution < -0.4 is 10.1 Å². The monoisotopic (exact) mass is 418 g/mol. The highest BCUT2D eigenvalue weighted by Gasteiger charge is 2.15. The van der Waals surface area contributed by atoms with Crippen LogP contribution in [0.4, 0.5) is 4.39 Å². The Hall–Kier alpha value is -3.51. The van der Waals surface area contributed by atoms with Crippen molar-refractivity contribution in [2.45, 2.75) is 13.2 Å². The molecule has 0 atom stereocenters. The van der Waals surface area contributed by atoms with Gasteiger partial charge in [0, 0.05) is 17.5 Å².